The van der Waals surface area contributed by atoms with Gasteiger partial charge in [0.05, 0.1) is 0 Å². The van der Waals surface area contributed by atoms with Gasteiger partial charge in [-0.05, 0) is 23.8 Å². The molecule has 0 spiro atoms. The molecule has 0 aliphatic heterocycles. The third-order valence-corrected chi connectivity index (χ3v) is 9.45. The lowest BCUT2D eigenvalue weighted by Crippen LogP contribution is -2.00. The first-order valence-corrected chi connectivity index (χ1v) is 15.4. The molecule has 0 aliphatic carbocycles. The van der Waals surface area contributed by atoms with Gasteiger partial charge in [0, 0.05) is 53.2 Å². The van der Waals surface area contributed by atoms with Crippen LogP contribution in [0.4, 0.5) is 0 Å². The lowest BCUT2D eigenvalue weighted by atomic mass is 9.97. The average molecular weight is 582 g/mol. The predicted octanol–water partition coefficient (Wildman–Crippen LogP) is 10.8. The van der Waals surface area contributed by atoms with E-state index in [1.54, 1.807) is 11.3 Å². The molecule has 44 heavy (non-hydrogen) atoms. The molecule has 0 radical (unpaired) electrons. The van der Waals surface area contributed by atoms with E-state index in [1.165, 1.54) is 26.6 Å². The molecule has 9 rings (SSSR count). The summed E-state index contributed by atoms with van der Waals surface area (Å²) in [6.07, 6.45) is 0. The largest absolute Gasteiger partial charge is 0.456 e. The van der Waals surface area contributed by atoms with Gasteiger partial charge in [0.25, 0.3) is 0 Å². The van der Waals surface area contributed by atoms with Crippen molar-refractivity contribution in [3.8, 4) is 45.3 Å². The van der Waals surface area contributed by atoms with E-state index in [1.807, 2.05) is 72.8 Å². The smallest absolute Gasteiger partial charge is 0.165 e. The van der Waals surface area contributed by atoms with Crippen LogP contribution >= 0.6 is 11.3 Å². The Balaban J connectivity index is 1.30. The molecule has 6 aromatic carbocycles. The monoisotopic (exact) mass is 581 g/mol. The molecule has 0 atom stereocenters. The minimum absolute atomic E-state index is 0.659. The molecule has 0 bridgehead atoms. The number of para-hydroxylation sites is 1. The molecule has 0 saturated heterocycles. The molecule has 0 aliphatic rings. The third kappa shape index (κ3) is 3.94. The van der Waals surface area contributed by atoms with E-state index in [0.29, 0.717) is 17.5 Å². The number of rotatable bonds is 4. The number of nitrogens with zero attached hydrogens (tertiary/aromatic N) is 3. The lowest BCUT2D eigenvalue weighted by molar-refractivity contribution is 0.669. The molecule has 9 aromatic rings. The fourth-order valence-corrected chi connectivity index (χ4v) is 7.47. The Hall–Kier alpha value is -5.65. The maximum Gasteiger partial charge on any atom is 0.165 e. The van der Waals surface area contributed by atoms with Gasteiger partial charge in [-0.1, -0.05) is 121 Å². The van der Waals surface area contributed by atoms with Crippen LogP contribution in [0.3, 0.4) is 0 Å². The van der Waals surface area contributed by atoms with Gasteiger partial charge in [-0.15, -0.1) is 11.3 Å². The van der Waals surface area contributed by atoms with Gasteiger partial charge in [0.1, 0.15) is 11.2 Å². The molecule has 0 unspecified atom stereocenters. The van der Waals surface area contributed by atoms with Gasteiger partial charge < -0.3 is 4.42 Å². The van der Waals surface area contributed by atoms with Crippen LogP contribution in [0.2, 0.25) is 0 Å². The highest BCUT2D eigenvalue weighted by Crippen LogP contribution is 2.46. The van der Waals surface area contributed by atoms with Crippen molar-refractivity contribution < 1.29 is 4.42 Å². The van der Waals surface area contributed by atoms with Crippen LogP contribution in [-0.4, -0.2) is 15.0 Å². The molecule has 3 heterocycles. The maximum absolute atomic E-state index is 6.24. The summed E-state index contributed by atoms with van der Waals surface area (Å²) in [5.74, 6) is 1.98. The first kappa shape index (κ1) is 24.9. The number of hydrogen-bond donors (Lipinski definition) is 0. The minimum atomic E-state index is 0.659. The Kier molecular flexibility index (Phi) is 5.64. The Bertz CT molecular complexity index is 2440. The summed E-state index contributed by atoms with van der Waals surface area (Å²) >= 11 is 1.79. The summed E-state index contributed by atoms with van der Waals surface area (Å²) < 4.78 is 8.62. The normalized spacial score (nSPS) is 11.6. The van der Waals surface area contributed by atoms with E-state index in [0.717, 1.165) is 43.3 Å². The van der Waals surface area contributed by atoms with Crippen molar-refractivity contribution >= 4 is 53.4 Å². The zero-order valence-corrected chi connectivity index (χ0v) is 24.3. The van der Waals surface area contributed by atoms with Crippen molar-refractivity contribution in [2.24, 2.45) is 0 Å². The van der Waals surface area contributed by atoms with Crippen LogP contribution in [0.5, 0.6) is 0 Å². The highest BCUT2D eigenvalue weighted by atomic mass is 32.1. The van der Waals surface area contributed by atoms with Gasteiger partial charge in [0.2, 0.25) is 0 Å². The molecule has 206 valence electrons. The van der Waals surface area contributed by atoms with E-state index in [4.69, 9.17) is 19.4 Å². The number of hydrogen-bond acceptors (Lipinski definition) is 5. The molecule has 0 saturated carbocycles. The van der Waals surface area contributed by atoms with E-state index in [2.05, 4.69) is 66.7 Å². The fraction of sp³-hybridized carbons (Fsp3) is 0. The van der Waals surface area contributed by atoms with E-state index in [9.17, 15) is 0 Å². The first-order valence-electron chi connectivity index (χ1n) is 14.5. The van der Waals surface area contributed by atoms with Crippen LogP contribution in [-0.2, 0) is 0 Å². The molecular formula is C39H23N3OS. The maximum atomic E-state index is 6.24. The summed E-state index contributed by atoms with van der Waals surface area (Å²) in [5.41, 5.74) is 7.08. The van der Waals surface area contributed by atoms with Crippen molar-refractivity contribution in [3.63, 3.8) is 0 Å². The van der Waals surface area contributed by atoms with Crippen molar-refractivity contribution in [2.45, 2.75) is 0 Å². The highest BCUT2D eigenvalue weighted by Gasteiger charge is 2.19. The third-order valence-electron chi connectivity index (χ3n) is 8.16. The summed E-state index contributed by atoms with van der Waals surface area (Å²) in [5, 5.41) is 4.68. The molecule has 4 nitrogen and oxygen atoms in total. The molecule has 0 N–H and O–H groups in total. The zero-order valence-electron chi connectivity index (χ0n) is 23.4. The van der Waals surface area contributed by atoms with Crippen LogP contribution < -0.4 is 0 Å². The Morgan fingerprint density at radius 2 is 0.886 bits per heavy atom. The Labute approximate surface area is 256 Å². The molecule has 0 fully saturated rings. The summed E-state index contributed by atoms with van der Waals surface area (Å²) in [7, 11) is 0. The minimum Gasteiger partial charge on any atom is -0.456 e. The summed E-state index contributed by atoms with van der Waals surface area (Å²) in [6, 6.07) is 47.9. The van der Waals surface area contributed by atoms with Crippen LogP contribution in [0.1, 0.15) is 0 Å². The lowest BCUT2D eigenvalue weighted by Gasteiger charge is -2.09. The highest BCUT2D eigenvalue weighted by molar-refractivity contribution is 7.26. The van der Waals surface area contributed by atoms with Gasteiger partial charge in [-0.3, -0.25) is 0 Å². The molecule has 3 aromatic heterocycles. The number of benzene rings is 6. The second kappa shape index (κ2) is 9.97. The summed E-state index contributed by atoms with van der Waals surface area (Å²) in [6.45, 7) is 0. The molecular weight excluding hydrogens is 559 g/mol. The van der Waals surface area contributed by atoms with Crippen LogP contribution in [0.25, 0.3) is 87.4 Å². The second-order valence-corrected chi connectivity index (χ2v) is 11.8. The quantitative estimate of drug-likeness (QED) is 0.207. The molecule has 5 heteroatoms. The van der Waals surface area contributed by atoms with Gasteiger partial charge in [0.15, 0.2) is 17.5 Å². The number of aromatic nitrogens is 3. The van der Waals surface area contributed by atoms with Gasteiger partial charge in [-0.2, -0.15) is 0 Å². The number of furan rings is 1. The summed E-state index contributed by atoms with van der Waals surface area (Å²) in [4.78, 5) is 15.0. The van der Waals surface area contributed by atoms with Crippen LogP contribution in [0.15, 0.2) is 144 Å². The van der Waals surface area contributed by atoms with Crippen molar-refractivity contribution in [1.82, 2.24) is 15.0 Å². The van der Waals surface area contributed by atoms with E-state index >= 15 is 0 Å². The fourth-order valence-electron chi connectivity index (χ4n) is 6.14. The number of fused-ring (bicyclic) bond motifs is 6. The van der Waals surface area contributed by atoms with E-state index in [-0.39, 0.29) is 0 Å². The Morgan fingerprint density at radius 3 is 1.59 bits per heavy atom. The first-order chi connectivity index (χ1) is 21.8. The average Bonchev–Trinajstić information content (AvgIpc) is 3.68. The number of thiophene rings is 1. The van der Waals surface area contributed by atoms with Gasteiger partial charge >= 0.3 is 0 Å². The van der Waals surface area contributed by atoms with Gasteiger partial charge in [-0.25, -0.2) is 15.0 Å². The molecule has 0 amide bonds. The Morgan fingerprint density at radius 1 is 0.386 bits per heavy atom. The zero-order chi connectivity index (χ0) is 29.0. The van der Waals surface area contributed by atoms with Crippen molar-refractivity contribution in [3.05, 3.63) is 140 Å². The van der Waals surface area contributed by atoms with Crippen LogP contribution in [0, 0.1) is 0 Å². The van der Waals surface area contributed by atoms with Crippen molar-refractivity contribution in [1.29, 1.82) is 0 Å². The predicted molar refractivity (Wildman–Crippen MR) is 182 cm³/mol. The van der Waals surface area contributed by atoms with Crippen molar-refractivity contribution in [2.75, 3.05) is 0 Å². The SMILES string of the molecule is c1ccc(-c2nc(-c3ccccc3)nc(-c3cccc4c3sc3c(-c5cccc6oc7ccccc7c56)cccc34)n2)cc1. The topological polar surface area (TPSA) is 51.8 Å². The second-order valence-electron chi connectivity index (χ2n) is 10.8. The standard InChI is InChI=1S/C39H23N3OS/c1-3-12-24(13-4-1)37-40-38(25-14-5-2-6-15-25)42-39(41-37)31-21-10-20-29-28-19-9-18-27(35(28)44-36(29)31)26-17-11-23-33-34(26)30-16-7-8-22-32(30)43-33/h1-23H. The van der Waals surface area contributed by atoms with E-state index < -0.39 is 0 Å².